The molecule has 1 aromatic heterocycles. The van der Waals surface area contributed by atoms with E-state index in [-0.39, 0.29) is 17.3 Å². The molecule has 6 nitrogen and oxygen atoms in total. The second-order valence-corrected chi connectivity index (χ2v) is 6.78. The normalized spacial score (nSPS) is 11.1. The van der Waals surface area contributed by atoms with Crippen LogP contribution in [0.15, 0.2) is 42.6 Å². The first kappa shape index (κ1) is 19.6. The molecular weight excluding hydrogens is 332 g/mol. The van der Waals surface area contributed by atoms with Crippen LogP contribution in [0.5, 0.6) is 5.88 Å². The van der Waals surface area contributed by atoms with E-state index >= 15 is 0 Å². The number of aromatic nitrogens is 1. The van der Waals surface area contributed by atoms with E-state index in [1.54, 1.807) is 36.4 Å². The smallest absolute Gasteiger partial charge is 0.257 e. The molecule has 6 heteroatoms. The Morgan fingerprint density at radius 2 is 1.65 bits per heavy atom. The first-order chi connectivity index (χ1) is 12.2. The number of hydrogen-bond acceptors (Lipinski definition) is 5. The zero-order valence-electron chi connectivity index (χ0n) is 15.5. The Morgan fingerprint density at radius 3 is 2.19 bits per heavy atom. The molecule has 0 spiro atoms. The van der Waals surface area contributed by atoms with Crippen LogP contribution < -0.4 is 10.1 Å². The molecular formula is C20H24N2O4. The monoisotopic (exact) mass is 356 g/mol. The third-order valence-corrected chi connectivity index (χ3v) is 3.42. The second kappa shape index (κ2) is 8.58. The zero-order chi connectivity index (χ0) is 19.2. The highest BCUT2D eigenvalue weighted by Crippen LogP contribution is 2.13. The van der Waals surface area contributed by atoms with Gasteiger partial charge in [-0.05, 0) is 58.0 Å². The lowest BCUT2D eigenvalue weighted by Gasteiger charge is -2.19. The number of benzene rings is 1. The molecule has 2 aromatic rings. The molecule has 0 radical (unpaired) electrons. The summed E-state index contributed by atoms with van der Waals surface area (Å²) in [5.41, 5.74) is 1.42. The maximum atomic E-state index is 12.2. The van der Waals surface area contributed by atoms with E-state index in [0.29, 0.717) is 35.9 Å². The highest BCUT2D eigenvalue weighted by atomic mass is 16.5. The molecule has 1 amide bonds. The molecule has 0 aliphatic carbocycles. The van der Waals surface area contributed by atoms with Crippen molar-refractivity contribution < 1.29 is 19.1 Å². The lowest BCUT2D eigenvalue weighted by Crippen LogP contribution is -2.22. The Kier molecular flexibility index (Phi) is 6.46. The van der Waals surface area contributed by atoms with Gasteiger partial charge >= 0.3 is 0 Å². The van der Waals surface area contributed by atoms with Crippen LogP contribution in [0.3, 0.4) is 0 Å². The largest absolute Gasteiger partial charge is 0.475 e. The maximum absolute atomic E-state index is 12.2. The van der Waals surface area contributed by atoms with Gasteiger partial charge < -0.3 is 14.8 Å². The molecule has 0 saturated carbocycles. The highest BCUT2D eigenvalue weighted by Gasteiger charge is 2.10. The molecule has 0 atom stereocenters. The summed E-state index contributed by atoms with van der Waals surface area (Å²) in [5.74, 6) is 0.135. The van der Waals surface area contributed by atoms with Crippen LogP contribution in [0.25, 0.3) is 0 Å². The number of ether oxygens (including phenoxy) is 2. The number of anilines is 1. The molecule has 26 heavy (non-hydrogen) atoms. The molecule has 0 bridgehead atoms. The minimum atomic E-state index is -0.282. The first-order valence-electron chi connectivity index (χ1n) is 8.40. The Labute approximate surface area is 153 Å². The molecule has 138 valence electrons. The Bertz CT molecular complexity index is 747. The topological polar surface area (TPSA) is 77.5 Å². The second-order valence-electron chi connectivity index (χ2n) is 6.78. The minimum Gasteiger partial charge on any atom is -0.475 e. The highest BCUT2D eigenvalue weighted by molar-refractivity contribution is 6.04. The molecule has 1 heterocycles. The first-order valence-corrected chi connectivity index (χ1v) is 8.40. The predicted octanol–water partition coefficient (Wildman–Crippen LogP) is 3.73. The van der Waals surface area contributed by atoms with Crippen molar-refractivity contribution in [3.05, 3.63) is 53.7 Å². The van der Waals surface area contributed by atoms with Crippen molar-refractivity contribution in [2.24, 2.45) is 0 Å². The number of hydrogen-bond donors (Lipinski definition) is 1. The number of nitrogens with one attached hydrogen (secondary N) is 1. The fourth-order valence-electron chi connectivity index (χ4n) is 2.09. The summed E-state index contributed by atoms with van der Waals surface area (Å²) in [5, 5.41) is 2.76. The summed E-state index contributed by atoms with van der Waals surface area (Å²) in [6, 6.07) is 10.0. The summed E-state index contributed by atoms with van der Waals surface area (Å²) in [6.45, 7) is 8.28. The maximum Gasteiger partial charge on any atom is 0.257 e. The Balaban J connectivity index is 1.87. The van der Waals surface area contributed by atoms with Gasteiger partial charge in [0.1, 0.15) is 6.61 Å². The van der Waals surface area contributed by atoms with Crippen LogP contribution in [0.4, 0.5) is 5.69 Å². The fraction of sp³-hybridized carbons (Fsp3) is 0.350. The van der Waals surface area contributed by atoms with Gasteiger partial charge in [-0.3, -0.25) is 9.59 Å². The van der Waals surface area contributed by atoms with Crippen LogP contribution in [0, 0.1) is 0 Å². The lowest BCUT2D eigenvalue weighted by molar-refractivity contribution is -0.0168. The summed E-state index contributed by atoms with van der Waals surface area (Å²) in [4.78, 5) is 27.6. The van der Waals surface area contributed by atoms with Gasteiger partial charge in [0, 0.05) is 23.5 Å². The van der Waals surface area contributed by atoms with Crippen LogP contribution >= 0.6 is 0 Å². The third-order valence-electron chi connectivity index (χ3n) is 3.42. The van der Waals surface area contributed by atoms with E-state index in [1.165, 1.54) is 13.1 Å². The van der Waals surface area contributed by atoms with Crippen molar-refractivity contribution in [3.63, 3.8) is 0 Å². The molecule has 1 N–H and O–H groups in total. The Hall–Kier alpha value is -2.73. The van der Waals surface area contributed by atoms with E-state index in [1.807, 2.05) is 20.8 Å². The van der Waals surface area contributed by atoms with Crippen LogP contribution in [0.1, 0.15) is 48.4 Å². The van der Waals surface area contributed by atoms with Crippen molar-refractivity contribution in [2.75, 3.05) is 18.5 Å². The number of carbonyl (C=O) groups excluding carboxylic acids is 2. The van der Waals surface area contributed by atoms with Gasteiger partial charge in [0.15, 0.2) is 5.78 Å². The van der Waals surface area contributed by atoms with E-state index in [4.69, 9.17) is 9.47 Å². The van der Waals surface area contributed by atoms with Gasteiger partial charge in [0.05, 0.1) is 17.8 Å². The van der Waals surface area contributed by atoms with Gasteiger partial charge in [-0.1, -0.05) is 0 Å². The van der Waals surface area contributed by atoms with Gasteiger partial charge in [-0.25, -0.2) is 4.98 Å². The number of pyridine rings is 1. The number of nitrogens with zero attached hydrogens (tertiary/aromatic N) is 1. The van der Waals surface area contributed by atoms with E-state index in [9.17, 15) is 9.59 Å². The van der Waals surface area contributed by atoms with E-state index in [0.717, 1.165) is 0 Å². The number of ketones is 1. The van der Waals surface area contributed by atoms with Crippen LogP contribution in [0.2, 0.25) is 0 Å². The summed E-state index contributed by atoms with van der Waals surface area (Å²) >= 11 is 0. The quantitative estimate of drug-likeness (QED) is 0.604. The third kappa shape index (κ3) is 6.29. The van der Waals surface area contributed by atoms with Gasteiger partial charge in [0.2, 0.25) is 5.88 Å². The number of Topliss-reactive ketones (excluding diaryl/α,β-unsaturated/α-hetero) is 1. The van der Waals surface area contributed by atoms with Crippen molar-refractivity contribution in [2.45, 2.75) is 33.3 Å². The zero-order valence-corrected chi connectivity index (χ0v) is 15.5. The van der Waals surface area contributed by atoms with E-state index in [2.05, 4.69) is 10.3 Å². The van der Waals surface area contributed by atoms with Crippen molar-refractivity contribution in [3.8, 4) is 5.88 Å². The molecule has 2 rings (SSSR count). The Morgan fingerprint density at radius 1 is 1.00 bits per heavy atom. The summed E-state index contributed by atoms with van der Waals surface area (Å²) in [6.07, 6.45) is 1.46. The number of amides is 1. The van der Waals surface area contributed by atoms with Crippen molar-refractivity contribution in [1.82, 2.24) is 4.98 Å². The van der Waals surface area contributed by atoms with Crippen LogP contribution in [-0.4, -0.2) is 35.5 Å². The van der Waals surface area contributed by atoms with Gasteiger partial charge in [-0.2, -0.15) is 0 Å². The molecule has 0 unspecified atom stereocenters. The summed E-state index contributed by atoms with van der Waals surface area (Å²) < 4.78 is 11.1. The lowest BCUT2D eigenvalue weighted by atomic mass is 10.1. The average Bonchev–Trinajstić information content (AvgIpc) is 2.59. The van der Waals surface area contributed by atoms with E-state index < -0.39 is 0 Å². The summed E-state index contributed by atoms with van der Waals surface area (Å²) in [7, 11) is 0. The molecule has 1 aromatic carbocycles. The molecule has 0 aliphatic heterocycles. The van der Waals surface area contributed by atoms with Crippen molar-refractivity contribution in [1.29, 1.82) is 0 Å². The minimum absolute atomic E-state index is 0.0180. The van der Waals surface area contributed by atoms with Gasteiger partial charge in [0.25, 0.3) is 5.91 Å². The van der Waals surface area contributed by atoms with Crippen LogP contribution in [-0.2, 0) is 4.74 Å². The number of carbonyl (C=O) groups is 2. The fourth-order valence-corrected chi connectivity index (χ4v) is 2.09. The molecule has 0 saturated heterocycles. The number of rotatable bonds is 7. The molecule has 0 aliphatic rings. The SMILES string of the molecule is CC(=O)c1ccc(NC(=O)c2ccc(OCCOC(C)(C)C)nc2)cc1. The standard InChI is InChI=1S/C20H24N2O4/c1-14(23)15-5-8-17(9-6-15)22-19(24)16-7-10-18(21-13-16)25-11-12-26-20(2,3)4/h5-10,13H,11-12H2,1-4H3,(H,22,24). The average molecular weight is 356 g/mol. The van der Waals surface area contributed by atoms with Crippen molar-refractivity contribution >= 4 is 17.4 Å². The molecule has 0 fully saturated rings. The van der Waals surface area contributed by atoms with Gasteiger partial charge in [-0.15, -0.1) is 0 Å². The predicted molar refractivity (Wildman–Crippen MR) is 99.8 cm³/mol.